The van der Waals surface area contributed by atoms with Crippen LogP contribution in [0.1, 0.15) is 12.5 Å². The SMILES string of the molecule is COc1cc(Cl)c(C)cc1NC(=O)CN(C(C)=O)c1cccc2cccnc12. The van der Waals surface area contributed by atoms with E-state index in [2.05, 4.69) is 10.3 Å². The van der Waals surface area contributed by atoms with Crippen LogP contribution in [0.3, 0.4) is 0 Å². The molecule has 28 heavy (non-hydrogen) atoms. The first-order chi connectivity index (χ1) is 13.4. The van der Waals surface area contributed by atoms with Crippen molar-refractivity contribution in [3.05, 3.63) is 59.2 Å². The molecule has 0 unspecified atom stereocenters. The Morgan fingerprint density at radius 3 is 2.68 bits per heavy atom. The zero-order chi connectivity index (χ0) is 20.3. The van der Waals surface area contributed by atoms with Gasteiger partial charge in [-0.3, -0.25) is 14.6 Å². The number of halogens is 1. The summed E-state index contributed by atoms with van der Waals surface area (Å²) >= 11 is 6.11. The molecule has 0 fully saturated rings. The first-order valence-electron chi connectivity index (χ1n) is 8.66. The van der Waals surface area contributed by atoms with Crippen LogP contribution in [0.25, 0.3) is 10.9 Å². The summed E-state index contributed by atoms with van der Waals surface area (Å²) in [6.07, 6.45) is 1.66. The van der Waals surface area contributed by atoms with Gasteiger partial charge in [-0.1, -0.05) is 29.8 Å². The second kappa shape index (κ2) is 8.27. The Morgan fingerprint density at radius 2 is 1.96 bits per heavy atom. The highest BCUT2D eigenvalue weighted by molar-refractivity contribution is 6.31. The van der Waals surface area contributed by atoms with Crippen LogP contribution in [0, 0.1) is 6.92 Å². The molecule has 0 radical (unpaired) electrons. The molecule has 0 bridgehead atoms. The van der Waals surface area contributed by atoms with Crippen molar-refractivity contribution in [1.29, 1.82) is 0 Å². The predicted molar refractivity (Wildman–Crippen MR) is 111 cm³/mol. The second-order valence-electron chi connectivity index (χ2n) is 6.31. The van der Waals surface area contributed by atoms with Crippen molar-refractivity contribution in [2.75, 3.05) is 23.9 Å². The van der Waals surface area contributed by atoms with Crippen molar-refractivity contribution in [3.8, 4) is 5.75 Å². The van der Waals surface area contributed by atoms with E-state index in [0.29, 0.717) is 27.7 Å². The summed E-state index contributed by atoms with van der Waals surface area (Å²) in [5, 5.41) is 4.23. The van der Waals surface area contributed by atoms with E-state index in [1.54, 1.807) is 24.4 Å². The number of nitrogens with zero attached hydrogens (tertiary/aromatic N) is 2. The summed E-state index contributed by atoms with van der Waals surface area (Å²) in [6, 6.07) is 12.6. The average Bonchev–Trinajstić information content (AvgIpc) is 2.68. The van der Waals surface area contributed by atoms with Gasteiger partial charge in [-0.2, -0.15) is 0 Å². The summed E-state index contributed by atoms with van der Waals surface area (Å²) in [5.74, 6) is -0.166. The maximum Gasteiger partial charge on any atom is 0.244 e. The molecule has 7 heteroatoms. The highest BCUT2D eigenvalue weighted by Gasteiger charge is 2.20. The molecule has 0 aliphatic rings. The normalized spacial score (nSPS) is 10.6. The first kappa shape index (κ1) is 19.6. The number of pyridine rings is 1. The van der Waals surface area contributed by atoms with Crippen LogP contribution < -0.4 is 15.0 Å². The molecule has 2 aromatic carbocycles. The van der Waals surface area contributed by atoms with Gasteiger partial charge in [-0.25, -0.2) is 0 Å². The van der Waals surface area contributed by atoms with Crippen LogP contribution >= 0.6 is 11.6 Å². The Labute approximate surface area is 168 Å². The van der Waals surface area contributed by atoms with Crippen LogP contribution in [-0.4, -0.2) is 30.5 Å². The number of aryl methyl sites for hydroxylation is 1. The number of nitrogens with one attached hydrogen (secondary N) is 1. The quantitative estimate of drug-likeness (QED) is 0.700. The molecule has 3 aromatic rings. The summed E-state index contributed by atoms with van der Waals surface area (Å²) in [4.78, 5) is 30.7. The monoisotopic (exact) mass is 397 g/mol. The zero-order valence-electron chi connectivity index (χ0n) is 15.8. The van der Waals surface area contributed by atoms with Gasteiger partial charge in [-0.15, -0.1) is 0 Å². The van der Waals surface area contributed by atoms with Gasteiger partial charge >= 0.3 is 0 Å². The number of benzene rings is 2. The van der Waals surface area contributed by atoms with Gasteiger partial charge in [0.05, 0.1) is 24.0 Å². The number of para-hydroxylation sites is 1. The number of ether oxygens (including phenoxy) is 1. The number of methoxy groups -OCH3 is 1. The third-order valence-corrected chi connectivity index (χ3v) is 4.75. The van der Waals surface area contributed by atoms with E-state index in [9.17, 15) is 9.59 Å². The Hall–Kier alpha value is -3.12. The molecular formula is C21H20ClN3O3. The van der Waals surface area contributed by atoms with Crippen molar-refractivity contribution in [3.63, 3.8) is 0 Å². The van der Waals surface area contributed by atoms with Crippen molar-refractivity contribution in [2.24, 2.45) is 0 Å². The van der Waals surface area contributed by atoms with Crippen LogP contribution in [0.4, 0.5) is 11.4 Å². The number of aromatic nitrogens is 1. The number of carbonyl (C=O) groups excluding carboxylic acids is 2. The van der Waals surface area contributed by atoms with Crippen LogP contribution in [0.15, 0.2) is 48.7 Å². The van der Waals surface area contributed by atoms with Crippen molar-refractivity contribution >= 4 is 45.7 Å². The fraction of sp³-hybridized carbons (Fsp3) is 0.190. The molecule has 0 atom stereocenters. The average molecular weight is 398 g/mol. The second-order valence-corrected chi connectivity index (χ2v) is 6.71. The minimum atomic E-state index is -0.358. The molecule has 0 aliphatic carbocycles. The summed E-state index contributed by atoms with van der Waals surface area (Å²) in [6.45, 7) is 3.10. The molecule has 3 rings (SSSR count). The van der Waals surface area contributed by atoms with E-state index in [1.165, 1.54) is 18.9 Å². The van der Waals surface area contributed by atoms with Gasteiger partial charge in [0.25, 0.3) is 0 Å². The lowest BCUT2D eigenvalue weighted by molar-refractivity contribution is -0.120. The molecule has 1 N–H and O–H groups in total. The number of fused-ring (bicyclic) bond motifs is 1. The standard InChI is InChI=1S/C21H20ClN3O3/c1-13-10-17(19(28-3)11-16(13)22)24-20(27)12-25(14(2)26)18-8-4-6-15-7-5-9-23-21(15)18/h4-11H,12H2,1-3H3,(H,24,27). The number of hydrogen-bond acceptors (Lipinski definition) is 4. The Bertz CT molecular complexity index is 1050. The Morgan fingerprint density at radius 1 is 1.21 bits per heavy atom. The topological polar surface area (TPSA) is 71.5 Å². The van der Waals surface area contributed by atoms with Gasteiger partial charge in [0.2, 0.25) is 11.8 Å². The number of carbonyl (C=O) groups is 2. The molecular weight excluding hydrogens is 378 g/mol. The zero-order valence-corrected chi connectivity index (χ0v) is 16.6. The predicted octanol–water partition coefficient (Wildman–Crippen LogP) is 4.20. The smallest absolute Gasteiger partial charge is 0.244 e. The Kier molecular flexibility index (Phi) is 5.80. The highest BCUT2D eigenvalue weighted by Crippen LogP contribution is 2.31. The summed E-state index contributed by atoms with van der Waals surface area (Å²) < 4.78 is 5.29. The maximum atomic E-state index is 12.7. The molecule has 0 spiro atoms. The van der Waals surface area contributed by atoms with Gasteiger partial charge < -0.3 is 15.0 Å². The lowest BCUT2D eigenvalue weighted by Crippen LogP contribution is -2.37. The van der Waals surface area contributed by atoms with Crippen molar-refractivity contribution in [2.45, 2.75) is 13.8 Å². The van der Waals surface area contributed by atoms with Crippen LogP contribution in [0.5, 0.6) is 5.75 Å². The van der Waals surface area contributed by atoms with Gasteiger partial charge in [0.15, 0.2) is 0 Å². The first-order valence-corrected chi connectivity index (χ1v) is 9.04. The number of hydrogen-bond donors (Lipinski definition) is 1. The number of amides is 2. The summed E-state index contributed by atoms with van der Waals surface area (Å²) in [7, 11) is 1.50. The van der Waals surface area contributed by atoms with Crippen LogP contribution in [-0.2, 0) is 9.59 Å². The van der Waals surface area contributed by atoms with E-state index >= 15 is 0 Å². The van der Waals surface area contributed by atoms with Crippen molar-refractivity contribution in [1.82, 2.24) is 4.98 Å². The molecule has 1 heterocycles. The minimum absolute atomic E-state index is 0.157. The Balaban J connectivity index is 1.89. The fourth-order valence-corrected chi connectivity index (χ4v) is 3.09. The summed E-state index contributed by atoms with van der Waals surface area (Å²) in [5.41, 5.74) is 2.54. The van der Waals surface area contributed by atoms with Gasteiger partial charge in [-0.05, 0) is 30.7 Å². The molecule has 0 aliphatic heterocycles. The molecule has 0 saturated carbocycles. The third kappa shape index (κ3) is 4.07. The van der Waals surface area contributed by atoms with Crippen molar-refractivity contribution < 1.29 is 14.3 Å². The molecule has 6 nitrogen and oxygen atoms in total. The molecule has 0 saturated heterocycles. The van der Waals surface area contributed by atoms with Gasteiger partial charge in [0, 0.05) is 29.6 Å². The van der Waals surface area contributed by atoms with Crippen LogP contribution in [0.2, 0.25) is 5.02 Å². The van der Waals surface area contributed by atoms with E-state index in [-0.39, 0.29) is 18.4 Å². The largest absolute Gasteiger partial charge is 0.495 e. The van der Waals surface area contributed by atoms with E-state index in [4.69, 9.17) is 16.3 Å². The fourth-order valence-electron chi connectivity index (χ4n) is 2.94. The number of anilines is 2. The van der Waals surface area contributed by atoms with E-state index < -0.39 is 0 Å². The maximum absolute atomic E-state index is 12.7. The van der Waals surface area contributed by atoms with E-state index in [1.807, 2.05) is 31.2 Å². The molecule has 144 valence electrons. The molecule has 2 amide bonds. The highest BCUT2D eigenvalue weighted by atomic mass is 35.5. The lowest BCUT2D eigenvalue weighted by atomic mass is 10.1. The minimum Gasteiger partial charge on any atom is -0.495 e. The lowest BCUT2D eigenvalue weighted by Gasteiger charge is -2.22. The van der Waals surface area contributed by atoms with Gasteiger partial charge in [0.1, 0.15) is 12.3 Å². The number of rotatable bonds is 5. The third-order valence-electron chi connectivity index (χ3n) is 4.34. The van der Waals surface area contributed by atoms with E-state index in [0.717, 1.165) is 10.9 Å². The molecule has 1 aromatic heterocycles.